The first kappa shape index (κ1) is 22.6. The van der Waals surface area contributed by atoms with Gasteiger partial charge in [0.1, 0.15) is 11.5 Å². The molecule has 0 aromatic carbocycles. The van der Waals surface area contributed by atoms with Gasteiger partial charge in [0.15, 0.2) is 0 Å². The third kappa shape index (κ3) is 5.96. The number of hydrogen-bond acceptors (Lipinski definition) is 8. The standard InChI is InChI=1S/C20H26N6O2.CH2O2/c1-24-6-8-25(9-7-24)20(28)17-11-21-12-19(23-17)26-13-15(18(27)14-26)10-16-4-2-3-5-22-16;2-1-3/h2-5,11-12,15,18,27H,6-10,13-14H2,1H3;1H,(H,2,3)/t15-,18-;/m1./s1. The van der Waals surface area contributed by atoms with Crippen molar-refractivity contribution in [3.8, 4) is 0 Å². The molecule has 2 aromatic rings. The molecule has 0 saturated carbocycles. The lowest BCUT2D eigenvalue weighted by Gasteiger charge is -2.32. The molecule has 0 spiro atoms. The highest BCUT2D eigenvalue weighted by molar-refractivity contribution is 5.92. The normalized spacial score (nSPS) is 21.4. The summed E-state index contributed by atoms with van der Waals surface area (Å²) in [6.45, 7) is 4.04. The number of carbonyl (C=O) groups excluding carboxylic acids is 1. The van der Waals surface area contributed by atoms with Crippen LogP contribution in [0.1, 0.15) is 16.2 Å². The van der Waals surface area contributed by atoms with Crippen LogP contribution in [0.4, 0.5) is 5.82 Å². The summed E-state index contributed by atoms with van der Waals surface area (Å²) in [6, 6.07) is 5.82. The lowest BCUT2D eigenvalue weighted by Crippen LogP contribution is -2.47. The van der Waals surface area contributed by atoms with Crippen LogP contribution in [0, 0.1) is 5.92 Å². The number of anilines is 1. The van der Waals surface area contributed by atoms with Crippen LogP contribution in [0.25, 0.3) is 0 Å². The summed E-state index contributed by atoms with van der Waals surface area (Å²) in [5.41, 5.74) is 1.34. The molecule has 4 rings (SSSR count). The van der Waals surface area contributed by atoms with Crippen LogP contribution in [0.2, 0.25) is 0 Å². The predicted octanol–water partition coefficient (Wildman–Crippen LogP) is -0.000200. The zero-order chi connectivity index (χ0) is 22.2. The van der Waals surface area contributed by atoms with Crippen LogP contribution in [-0.2, 0) is 11.2 Å². The minimum Gasteiger partial charge on any atom is -0.483 e. The van der Waals surface area contributed by atoms with Crippen molar-refractivity contribution in [1.82, 2.24) is 24.8 Å². The maximum absolute atomic E-state index is 12.8. The first-order valence-electron chi connectivity index (χ1n) is 10.2. The quantitative estimate of drug-likeness (QED) is 0.648. The second-order valence-electron chi connectivity index (χ2n) is 7.72. The van der Waals surface area contributed by atoms with Gasteiger partial charge in [-0.15, -0.1) is 0 Å². The second-order valence-corrected chi connectivity index (χ2v) is 7.72. The lowest BCUT2D eigenvalue weighted by molar-refractivity contribution is -0.122. The molecule has 0 aliphatic carbocycles. The average molecular weight is 428 g/mol. The number of aliphatic hydroxyl groups excluding tert-OH is 1. The number of rotatable bonds is 4. The Morgan fingerprint density at radius 2 is 1.94 bits per heavy atom. The van der Waals surface area contributed by atoms with Crippen LogP contribution in [0.3, 0.4) is 0 Å². The number of β-amino-alcohol motifs (C(OH)–C–C–N with tert-alkyl or cyclic N) is 1. The molecule has 2 aliphatic heterocycles. The molecule has 2 atom stereocenters. The topological polar surface area (TPSA) is 123 Å². The Balaban J connectivity index is 0.000000858. The maximum atomic E-state index is 12.8. The Kier molecular flexibility index (Phi) is 7.85. The van der Waals surface area contributed by atoms with Gasteiger partial charge in [0.05, 0.1) is 18.5 Å². The molecular formula is C21H28N6O4. The molecule has 10 nitrogen and oxygen atoms in total. The summed E-state index contributed by atoms with van der Waals surface area (Å²) in [4.78, 5) is 40.3. The molecule has 2 N–H and O–H groups in total. The zero-order valence-corrected chi connectivity index (χ0v) is 17.5. The number of carbonyl (C=O) groups is 2. The van der Waals surface area contributed by atoms with Gasteiger partial charge in [-0.05, 0) is 25.6 Å². The molecule has 166 valence electrons. The molecule has 4 heterocycles. The van der Waals surface area contributed by atoms with E-state index in [1.165, 1.54) is 6.20 Å². The van der Waals surface area contributed by atoms with Crippen LogP contribution < -0.4 is 4.90 Å². The molecule has 2 saturated heterocycles. The summed E-state index contributed by atoms with van der Waals surface area (Å²) in [6.07, 6.45) is 5.22. The summed E-state index contributed by atoms with van der Waals surface area (Å²) in [7, 11) is 2.06. The Hall–Kier alpha value is -3.11. The van der Waals surface area contributed by atoms with Gasteiger partial charge < -0.3 is 24.9 Å². The van der Waals surface area contributed by atoms with Crippen LogP contribution in [-0.4, -0.2) is 99.8 Å². The van der Waals surface area contributed by atoms with Gasteiger partial charge in [-0.25, -0.2) is 4.98 Å². The number of hydrogen-bond donors (Lipinski definition) is 2. The van der Waals surface area contributed by atoms with Gasteiger partial charge in [-0.2, -0.15) is 0 Å². The molecule has 0 radical (unpaired) electrons. The summed E-state index contributed by atoms with van der Waals surface area (Å²) in [5, 5.41) is 17.4. The van der Waals surface area contributed by atoms with E-state index in [4.69, 9.17) is 9.90 Å². The Labute approximate surface area is 181 Å². The van der Waals surface area contributed by atoms with E-state index in [-0.39, 0.29) is 18.3 Å². The number of carboxylic acid groups (broad SMARTS) is 1. The molecule has 31 heavy (non-hydrogen) atoms. The van der Waals surface area contributed by atoms with E-state index >= 15 is 0 Å². The fourth-order valence-electron chi connectivity index (χ4n) is 3.81. The molecule has 2 aliphatic rings. The van der Waals surface area contributed by atoms with Crippen molar-refractivity contribution in [3.05, 3.63) is 48.2 Å². The number of amides is 1. The van der Waals surface area contributed by atoms with Crippen LogP contribution >= 0.6 is 0 Å². The summed E-state index contributed by atoms with van der Waals surface area (Å²) >= 11 is 0. The van der Waals surface area contributed by atoms with Gasteiger partial charge in [0.25, 0.3) is 12.4 Å². The minimum absolute atomic E-state index is 0.0766. The second kappa shape index (κ2) is 10.8. The number of pyridine rings is 1. The number of aliphatic hydroxyl groups is 1. The van der Waals surface area contributed by atoms with Crippen molar-refractivity contribution in [2.75, 3.05) is 51.2 Å². The number of likely N-dealkylation sites (N-methyl/N-ethyl adjacent to an activating group) is 1. The number of nitrogens with zero attached hydrogens (tertiary/aromatic N) is 6. The molecule has 2 aromatic heterocycles. The largest absolute Gasteiger partial charge is 0.483 e. The van der Waals surface area contributed by atoms with E-state index < -0.39 is 6.10 Å². The van der Waals surface area contributed by atoms with Gasteiger partial charge >= 0.3 is 0 Å². The van der Waals surface area contributed by atoms with Gasteiger partial charge in [0, 0.05) is 57.1 Å². The average Bonchev–Trinajstić information content (AvgIpc) is 3.15. The molecule has 0 bridgehead atoms. The first-order chi connectivity index (χ1) is 15.0. The molecule has 10 heteroatoms. The highest BCUT2D eigenvalue weighted by Crippen LogP contribution is 2.25. The van der Waals surface area contributed by atoms with Gasteiger partial charge in [-0.1, -0.05) is 6.07 Å². The first-order valence-corrected chi connectivity index (χ1v) is 10.2. The third-order valence-electron chi connectivity index (χ3n) is 5.56. The highest BCUT2D eigenvalue weighted by Gasteiger charge is 2.33. The third-order valence-corrected chi connectivity index (χ3v) is 5.56. The molecular weight excluding hydrogens is 400 g/mol. The van der Waals surface area contributed by atoms with Crippen molar-refractivity contribution in [3.63, 3.8) is 0 Å². The van der Waals surface area contributed by atoms with Crippen LogP contribution in [0.15, 0.2) is 36.8 Å². The lowest BCUT2D eigenvalue weighted by atomic mass is 10.00. The number of piperazine rings is 1. The molecule has 1 amide bonds. The SMILES string of the molecule is CN1CCN(C(=O)c2cncc(N3C[C@@H](Cc4ccccn4)[C@H](O)C3)n2)CC1.O=CO. The van der Waals surface area contributed by atoms with E-state index in [1.807, 2.05) is 28.0 Å². The van der Waals surface area contributed by atoms with E-state index in [9.17, 15) is 9.90 Å². The smallest absolute Gasteiger partial charge is 0.290 e. The van der Waals surface area contributed by atoms with E-state index in [0.717, 1.165) is 18.8 Å². The summed E-state index contributed by atoms with van der Waals surface area (Å²) < 4.78 is 0. The fourth-order valence-corrected chi connectivity index (χ4v) is 3.81. The van der Waals surface area contributed by atoms with E-state index in [0.29, 0.717) is 44.1 Å². The van der Waals surface area contributed by atoms with Crippen molar-refractivity contribution < 1.29 is 19.8 Å². The Bertz CT molecular complexity index is 860. The fraction of sp³-hybridized carbons (Fsp3) is 0.476. The minimum atomic E-state index is -0.458. The zero-order valence-electron chi connectivity index (χ0n) is 17.5. The van der Waals surface area contributed by atoms with Gasteiger partial charge in [0.2, 0.25) is 0 Å². The maximum Gasteiger partial charge on any atom is 0.290 e. The van der Waals surface area contributed by atoms with Crippen molar-refractivity contribution >= 4 is 18.2 Å². The highest BCUT2D eigenvalue weighted by atomic mass is 16.3. The monoisotopic (exact) mass is 428 g/mol. The molecule has 2 fully saturated rings. The predicted molar refractivity (Wildman–Crippen MR) is 114 cm³/mol. The van der Waals surface area contributed by atoms with Crippen molar-refractivity contribution in [2.45, 2.75) is 12.5 Å². The van der Waals surface area contributed by atoms with E-state index in [1.54, 1.807) is 12.4 Å². The van der Waals surface area contributed by atoms with Crippen LogP contribution in [0.5, 0.6) is 0 Å². The van der Waals surface area contributed by atoms with Gasteiger partial charge in [-0.3, -0.25) is 19.6 Å². The summed E-state index contributed by atoms with van der Waals surface area (Å²) in [5.74, 6) is 0.642. The van der Waals surface area contributed by atoms with Crippen molar-refractivity contribution in [2.24, 2.45) is 5.92 Å². The Morgan fingerprint density at radius 3 is 2.61 bits per heavy atom. The molecule has 0 unspecified atom stereocenters. The Morgan fingerprint density at radius 1 is 1.19 bits per heavy atom. The van der Waals surface area contributed by atoms with Crippen molar-refractivity contribution in [1.29, 1.82) is 0 Å². The number of aromatic nitrogens is 3. The van der Waals surface area contributed by atoms with E-state index in [2.05, 4.69) is 26.9 Å².